The van der Waals surface area contributed by atoms with E-state index in [2.05, 4.69) is 5.32 Å². The van der Waals surface area contributed by atoms with E-state index in [1.807, 2.05) is 0 Å². The molecule has 7 heteroatoms. The fourth-order valence-electron chi connectivity index (χ4n) is 2.88. The van der Waals surface area contributed by atoms with Gasteiger partial charge in [-0.2, -0.15) is 0 Å². The van der Waals surface area contributed by atoms with Gasteiger partial charge >= 0.3 is 5.97 Å². The molecule has 0 bridgehead atoms. The Hall–Kier alpha value is -1.92. The van der Waals surface area contributed by atoms with Crippen LogP contribution in [0.2, 0.25) is 0 Å². The minimum atomic E-state index is -1.77. The van der Waals surface area contributed by atoms with E-state index in [1.165, 1.54) is 6.92 Å². The molecule has 2 unspecified atom stereocenters. The highest BCUT2D eigenvalue weighted by atomic mass is 19.1. The van der Waals surface area contributed by atoms with Crippen LogP contribution in [0.1, 0.15) is 13.8 Å². The highest BCUT2D eigenvalue weighted by Gasteiger charge is 2.56. The molecule has 1 amide bonds. The normalized spacial score (nSPS) is 35.8. The van der Waals surface area contributed by atoms with Gasteiger partial charge in [-0.1, -0.05) is 0 Å². The second kappa shape index (κ2) is 5.46. The van der Waals surface area contributed by atoms with Gasteiger partial charge in [0.25, 0.3) is 0 Å². The number of rotatable bonds is 4. The van der Waals surface area contributed by atoms with Crippen molar-refractivity contribution in [2.75, 3.05) is 13.2 Å². The number of aliphatic carboxylic acids is 1. The van der Waals surface area contributed by atoms with Crippen LogP contribution in [0.25, 0.3) is 0 Å². The number of allylic oxidation sites excluding steroid dienone is 3. The second-order valence-corrected chi connectivity index (χ2v) is 5.35. The predicted molar refractivity (Wildman–Crippen MR) is 69.5 cm³/mol. The molecule has 0 spiro atoms. The van der Waals surface area contributed by atoms with Crippen LogP contribution in [-0.2, 0) is 14.3 Å². The molecule has 1 aliphatic carbocycles. The van der Waals surface area contributed by atoms with Crippen molar-refractivity contribution >= 4 is 11.9 Å². The van der Waals surface area contributed by atoms with E-state index in [9.17, 15) is 18.4 Å². The molecular formula is C14H17F2NO4. The summed E-state index contributed by atoms with van der Waals surface area (Å²) < 4.78 is 34.0. The molecule has 2 N–H and O–H groups in total. The maximum Gasteiger partial charge on any atom is 0.316 e. The first kappa shape index (κ1) is 15.5. The molecule has 5 nitrogen and oxygen atoms in total. The number of ether oxygens (including phenoxy) is 1. The maximum absolute atomic E-state index is 14.5. The summed E-state index contributed by atoms with van der Waals surface area (Å²) in [5.74, 6) is -5.30. The van der Waals surface area contributed by atoms with Crippen molar-refractivity contribution in [3.8, 4) is 0 Å². The van der Waals surface area contributed by atoms with Crippen molar-refractivity contribution in [3.05, 3.63) is 23.7 Å². The first-order valence-electron chi connectivity index (χ1n) is 6.69. The van der Waals surface area contributed by atoms with Gasteiger partial charge in [0, 0.05) is 18.5 Å². The van der Waals surface area contributed by atoms with Crippen LogP contribution in [0.15, 0.2) is 23.7 Å². The zero-order chi connectivity index (χ0) is 15.8. The molecular weight excluding hydrogens is 284 g/mol. The third kappa shape index (κ3) is 2.41. The number of amides is 1. The van der Waals surface area contributed by atoms with Gasteiger partial charge in [-0.15, -0.1) is 0 Å². The molecule has 1 saturated heterocycles. The van der Waals surface area contributed by atoms with E-state index in [0.29, 0.717) is 0 Å². The molecule has 0 aromatic heterocycles. The number of carbonyl (C=O) groups excluding carboxylic acids is 1. The SMILES string of the molecule is CCOC1=CC(F)C(C)([C@@H]2CNC(=O)[C@H]2C(=O)O)C(F)=C1. The Labute approximate surface area is 120 Å². The summed E-state index contributed by atoms with van der Waals surface area (Å²) in [6, 6.07) is 0. The summed E-state index contributed by atoms with van der Waals surface area (Å²) in [7, 11) is 0. The highest BCUT2D eigenvalue weighted by Crippen LogP contribution is 2.49. The van der Waals surface area contributed by atoms with Gasteiger partial charge in [0.2, 0.25) is 5.91 Å². The molecule has 1 heterocycles. The van der Waals surface area contributed by atoms with Crippen LogP contribution in [0.3, 0.4) is 0 Å². The number of hydrogen-bond acceptors (Lipinski definition) is 3. The van der Waals surface area contributed by atoms with Crippen LogP contribution < -0.4 is 5.32 Å². The quantitative estimate of drug-likeness (QED) is 0.773. The average Bonchev–Trinajstić information content (AvgIpc) is 2.78. The van der Waals surface area contributed by atoms with Crippen molar-refractivity contribution in [1.82, 2.24) is 5.32 Å². The Balaban J connectivity index is 2.37. The van der Waals surface area contributed by atoms with Gasteiger partial charge in [-0.3, -0.25) is 9.59 Å². The molecule has 0 aromatic rings. The molecule has 1 fully saturated rings. The van der Waals surface area contributed by atoms with Gasteiger partial charge in [-0.05, 0) is 19.9 Å². The Bertz CT molecular complexity index is 531. The fourth-order valence-corrected chi connectivity index (χ4v) is 2.88. The number of carbonyl (C=O) groups is 2. The molecule has 2 rings (SSSR count). The number of nitrogens with one attached hydrogen (secondary N) is 1. The summed E-state index contributed by atoms with van der Waals surface area (Å²) >= 11 is 0. The second-order valence-electron chi connectivity index (χ2n) is 5.35. The van der Waals surface area contributed by atoms with E-state index < -0.39 is 41.1 Å². The Kier molecular flexibility index (Phi) is 4.02. The predicted octanol–water partition coefficient (Wildman–Crippen LogP) is 1.56. The third-order valence-corrected chi connectivity index (χ3v) is 4.20. The van der Waals surface area contributed by atoms with Crippen molar-refractivity contribution in [3.63, 3.8) is 0 Å². The third-order valence-electron chi connectivity index (χ3n) is 4.20. The molecule has 0 radical (unpaired) electrons. The van der Waals surface area contributed by atoms with Crippen LogP contribution in [0.4, 0.5) is 8.78 Å². The topological polar surface area (TPSA) is 75.6 Å². The zero-order valence-corrected chi connectivity index (χ0v) is 11.7. The minimum Gasteiger partial charge on any atom is -0.494 e. The van der Waals surface area contributed by atoms with Crippen LogP contribution in [0, 0.1) is 17.3 Å². The van der Waals surface area contributed by atoms with Gasteiger partial charge in [0.15, 0.2) is 0 Å². The molecule has 116 valence electrons. The lowest BCUT2D eigenvalue weighted by Gasteiger charge is -2.38. The Morgan fingerprint density at radius 2 is 2.29 bits per heavy atom. The zero-order valence-electron chi connectivity index (χ0n) is 11.7. The van der Waals surface area contributed by atoms with E-state index in [-0.39, 0.29) is 18.9 Å². The minimum absolute atomic E-state index is 0.0733. The number of hydrogen-bond donors (Lipinski definition) is 2. The van der Waals surface area contributed by atoms with Crippen molar-refractivity contribution in [1.29, 1.82) is 0 Å². The van der Waals surface area contributed by atoms with Crippen LogP contribution in [0.5, 0.6) is 0 Å². The van der Waals surface area contributed by atoms with Crippen molar-refractivity contribution < 1.29 is 28.2 Å². The van der Waals surface area contributed by atoms with Gasteiger partial charge in [0.05, 0.1) is 12.0 Å². The molecule has 4 atom stereocenters. The summed E-state index contributed by atoms with van der Waals surface area (Å²) in [5, 5.41) is 11.5. The summed E-state index contributed by atoms with van der Waals surface area (Å²) in [6.07, 6.45) is 0.402. The average molecular weight is 301 g/mol. The standard InChI is InChI=1S/C14H17F2NO4/c1-3-21-7-4-9(15)14(2,10(16)5-7)8-6-17-12(18)11(8)13(19)20/h4-5,8-9,11H,3,6H2,1-2H3,(H,17,18)(H,19,20)/t8-,9?,11+,14?/m1/s1. The lowest BCUT2D eigenvalue weighted by molar-refractivity contribution is -0.148. The fraction of sp³-hybridized carbons (Fsp3) is 0.571. The molecule has 0 saturated carbocycles. The monoisotopic (exact) mass is 301 g/mol. The van der Waals surface area contributed by atoms with E-state index in [0.717, 1.165) is 12.2 Å². The van der Waals surface area contributed by atoms with Gasteiger partial charge in [0.1, 0.15) is 23.7 Å². The van der Waals surface area contributed by atoms with E-state index in [1.54, 1.807) is 6.92 Å². The van der Waals surface area contributed by atoms with Crippen molar-refractivity contribution in [2.24, 2.45) is 17.3 Å². The number of halogens is 2. The molecule has 1 aliphatic heterocycles. The summed E-state index contributed by atoms with van der Waals surface area (Å²) in [4.78, 5) is 22.8. The largest absolute Gasteiger partial charge is 0.494 e. The van der Waals surface area contributed by atoms with E-state index in [4.69, 9.17) is 9.84 Å². The first-order valence-corrected chi connectivity index (χ1v) is 6.69. The number of carboxylic acids is 1. The lowest BCUT2D eigenvalue weighted by Crippen LogP contribution is -2.44. The molecule has 2 aliphatic rings. The highest BCUT2D eigenvalue weighted by molar-refractivity contribution is 5.99. The number of alkyl halides is 1. The van der Waals surface area contributed by atoms with Crippen LogP contribution >= 0.6 is 0 Å². The van der Waals surface area contributed by atoms with E-state index >= 15 is 0 Å². The Morgan fingerprint density at radius 1 is 1.62 bits per heavy atom. The summed E-state index contributed by atoms with van der Waals surface area (Å²) in [6.45, 7) is 3.17. The smallest absolute Gasteiger partial charge is 0.316 e. The van der Waals surface area contributed by atoms with Crippen LogP contribution in [-0.4, -0.2) is 36.3 Å². The Morgan fingerprint density at radius 3 is 2.81 bits per heavy atom. The molecule has 0 aromatic carbocycles. The molecule has 21 heavy (non-hydrogen) atoms. The summed E-state index contributed by atoms with van der Waals surface area (Å²) in [5.41, 5.74) is -1.71. The lowest BCUT2D eigenvalue weighted by atomic mass is 9.66. The van der Waals surface area contributed by atoms with Crippen molar-refractivity contribution in [2.45, 2.75) is 20.0 Å². The maximum atomic E-state index is 14.5. The van der Waals surface area contributed by atoms with Gasteiger partial charge < -0.3 is 15.2 Å². The first-order chi connectivity index (χ1) is 9.82. The van der Waals surface area contributed by atoms with Gasteiger partial charge in [-0.25, -0.2) is 8.78 Å². The number of carboxylic acid groups (broad SMARTS) is 1.